The van der Waals surface area contributed by atoms with Gasteiger partial charge in [-0.3, -0.25) is 0 Å². The molecule has 0 spiro atoms. The fourth-order valence-corrected chi connectivity index (χ4v) is 0. The predicted molar refractivity (Wildman–Crippen MR) is 20.5 cm³/mol. The van der Waals surface area contributed by atoms with Crippen LogP contribution in [0.3, 0.4) is 0 Å². The second-order valence-electron chi connectivity index (χ2n) is 0.447. The number of hydrogen-bond acceptors (Lipinski definition) is 6. The van der Waals surface area contributed by atoms with Crippen LogP contribution in [0.1, 0.15) is 0 Å². The van der Waals surface area contributed by atoms with Crippen molar-refractivity contribution in [3.63, 3.8) is 0 Å². The summed E-state index contributed by atoms with van der Waals surface area (Å²) in [4.78, 5) is 25.6. The van der Waals surface area contributed by atoms with Gasteiger partial charge in [0.15, 0.2) is 0 Å². The molecule has 0 aromatic heterocycles. The molecule has 0 aliphatic heterocycles. The van der Waals surface area contributed by atoms with Gasteiger partial charge >= 0.3 is 88.6 Å². The molecule has 0 saturated carbocycles. The Hall–Kier alpha value is 2.49. The average molecular weight is 567 g/mol. The van der Waals surface area contributed by atoms with E-state index in [-0.39, 0.29) is 59.9 Å². The van der Waals surface area contributed by atoms with Crippen molar-refractivity contribution in [1.82, 2.24) is 0 Å². The van der Waals surface area contributed by atoms with Gasteiger partial charge < -0.3 is 19.2 Å². The molecule has 0 saturated heterocycles. The molecule has 11 heteroatoms. The van der Waals surface area contributed by atoms with Crippen LogP contribution in [0.25, 0.3) is 0 Å². The van der Waals surface area contributed by atoms with Crippen molar-refractivity contribution in [3.05, 3.63) is 0 Å². The summed E-state index contributed by atoms with van der Waals surface area (Å²) in [5.74, 6) is 0. The standard InChI is InChI=1S/Fe.Mn.H3O4P.2O.Pb.Sb/c;;1-5(2,3)4;;;;/h;;(H3,1,2,3,4);;;;/q2*+2;;;;;+1/p-3. The maximum absolute atomic E-state index is 8.55. The molecule has 0 aromatic carbocycles. The van der Waals surface area contributed by atoms with Crippen molar-refractivity contribution in [1.29, 1.82) is 0 Å². The maximum atomic E-state index is 8.55. The molecule has 11 heavy (non-hydrogen) atoms. The van der Waals surface area contributed by atoms with Gasteiger partial charge in [-0.05, 0) is 0 Å². The number of phosphoric acid groups is 1. The number of hydrogen-bond donors (Lipinski definition) is 0. The molecule has 0 bridgehead atoms. The van der Waals surface area contributed by atoms with Crippen LogP contribution in [0.2, 0.25) is 0 Å². The molecule has 0 aliphatic rings. The van der Waals surface area contributed by atoms with Crippen molar-refractivity contribution in [2.24, 2.45) is 0 Å². The summed E-state index contributed by atoms with van der Waals surface area (Å²) in [5, 5.41) is 0. The molecular weight excluding hydrogens is 567 g/mol. The molecule has 0 N–H and O–H groups in total. The summed E-state index contributed by atoms with van der Waals surface area (Å²) in [5.41, 5.74) is 0. The molecule has 0 rings (SSSR count). The van der Waals surface area contributed by atoms with Crippen molar-refractivity contribution in [2.75, 3.05) is 0 Å². The molecule has 0 aromatic rings. The van der Waals surface area contributed by atoms with E-state index in [1.165, 1.54) is 0 Å². The Morgan fingerprint density at radius 3 is 1.09 bits per heavy atom. The van der Waals surface area contributed by atoms with Gasteiger partial charge in [0.05, 0.1) is 0 Å². The van der Waals surface area contributed by atoms with Crippen LogP contribution in [0.15, 0.2) is 0 Å². The van der Waals surface area contributed by atoms with Gasteiger partial charge in [-0.15, -0.1) is 0 Å². The Balaban J connectivity index is -0.0000000178. The molecule has 0 aliphatic carbocycles. The summed E-state index contributed by atoms with van der Waals surface area (Å²) in [7, 11) is -5.39. The van der Waals surface area contributed by atoms with Crippen LogP contribution in [-0.4, -0.2) is 48.8 Å². The first-order valence-electron chi connectivity index (χ1n) is 1.12. The minimum atomic E-state index is -5.39. The number of rotatable bonds is 0. The summed E-state index contributed by atoms with van der Waals surface area (Å²) in [6.07, 6.45) is 0. The van der Waals surface area contributed by atoms with E-state index in [0.29, 0.717) is 23.0 Å². The summed E-state index contributed by atoms with van der Waals surface area (Å²) in [6.45, 7) is 0. The Morgan fingerprint density at radius 1 is 1.09 bits per heavy atom. The zero-order valence-electron chi connectivity index (χ0n) is 4.58. The van der Waals surface area contributed by atoms with Crippen molar-refractivity contribution in [2.45, 2.75) is 0 Å². The van der Waals surface area contributed by atoms with E-state index in [9.17, 15) is 0 Å². The molecule has 0 fully saturated rings. The van der Waals surface area contributed by atoms with E-state index in [0.717, 1.165) is 0 Å². The SMILES string of the molecule is O=P([O-])([O-])[O-].[Fe+2].[Mn+2].[O]=[Pb].[O]=[Sb+]. The van der Waals surface area contributed by atoms with E-state index in [1.54, 1.807) is 0 Å². The Bertz CT molecular complexity index is 86.3. The van der Waals surface area contributed by atoms with E-state index in [1.807, 2.05) is 0 Å². The van der Waals surface area contributed by atoms with E-state index in [4.69, 9.17) is 24.9 Å². The van der Waals surface area contributed by atoms with Crippen LogP contribution in [0.4, 0.5) is 0 Å². The molecule has 0 atom stereocenters. The molecule has 0 heterocycles. The first-order valence-corrected chi connectivity index (χ1v) is 5.21. The first kappa shape index (κ1) is 29.2. The van der Waals surface area contributed by atoms with Gasteiger partial charge in [0.1, 0.15) is 0 Å². The monoisotopic (exact) mass is 567 g/mol. The fourth-order valence-electron chi connectivity index (χ4n) is 0. The molecule has 6 nitrogen and oxygen atoms in total. The Kier molecular flexibility index (Phi) is 60.7. The van der Waals surface area contributed by atoms with Crippen molar-refractivity contribution in [3.8, 4) is 0 Å². The Morgan fingerprint density at radius 2 is 1.09 bits per heavy atom. The van der Waals surface area contributed by atoms with Crippen LogP contribution >= 0.6 is 7.82 Å². The van der Waals surface area contributed by atoms with Crippen LogP contribution in [0, 0.1) is 0 Å². The molecule has 0 unspecified atom stereocenters. The molecule has 0 amide bonds. The third kappa shape index (κ3) is 222. The summed E-state index contributed by atoms with van der Waals surface area (Å²) in [6, 6.07) is 0. The summed E-state index contributed by atoms with van der Waals surface area (Å²) >= 11 is 0.556. The van der Waals surface area contributed by atoms with E-state index >= 15 is 0 Å². The van der Waals surface area contributed by atoms with Gasteiger partial charge in [0, 0.05) is 0 Å². The molecule has 5 radical (unpaired) electrons. The zero-order chi connectivity index (χ0) is 8.50. The van der Waals surface area contributed by atoms with Gasteiger partial charge in [0.25, 0.3) is 0 Å². The second kappa shape index (κ2) is 22.9. The van der Waals surface area contributed by atoms with Gasteiger partial charge in [-0.1, -0.05) is 0 Å². The van der Waals surface area contributed by atoms with E-state index in [2.05, 4.69) is 0 Å². The van der Waals surface area contributed by atoms with Gasteiger partial charge in [-0.2, -0.15) is 7.82 Å². The van der Waals surface area contributed by atoms with Gasteiger partial charge in [0.2, 0.25) is 0 Å². The van der Waals surface area contributed by atoms with Crippen molar-refractivity contribution < 1.29 is 59.1 Å². The van der Waals surface area contributed by atoms with Crippen molar-refractivity contribution >= 4 is 56.6 Å². The normalized spacial score (nSPS) is 6.09. The topological polar surface area (TPSA) is 120 Å². The summed E-state index contributed by atoms with van der Waals surface area (Å²) < 4.78 is 25.2. The Labute approximate surface area is 114 Å². The fraction of sp³-hybridized carbons (Fsp3) is 0. The average Bonchev–Trinajstić information content (AvgIpc) is 1.72. The first-order chi connectivity index (χ1) is 4.00. The quantitative estimate of drug-likeness (QED) is 0.219. The molecular formula is FeMnO6PPbSb+2. The minimum absolute atomic E-state index is 0. The van der Waals surface area contributed by atoms with Crippen LogP contribution < -0.4 is 14.7 Å². The van der Waals surface area contributed by atoms with Gasteiger partial charge in [-0.25, -0.2) is 0 Å². The zero-order valence-corrected chi connectivity index (χ0v) is 14.2. The van der Waals surface area contributed by atoms with E-state index < -0.39 is 7.82 Å². The van der Waals surface area contributed by atoms with Crippen LogP contribution in [-0.2, 0) is 44.4 Å². The second-order valence-corrected chi connectivity index (χ2v) is 1.34. The third-order valence-corrected chi connectivity index (χ3v) is 0. The third-order valence-electron chi connectivity index (χ3n) is 0. The molecule has 63 valence electrons. The predicted octanol–water partition coefficient (Wildman–Crippen LogP) is -3.83. The van der Waals surface area contributed by atoms with Crippen LogP contribution in [0.5, 0.6) is 0 Å².